The van der Waals surface area contributed by atoms with Gasteiger partial charge in [0.05, 0.1) is 6.20 Å². The average molecular weight is 281 g/mol. The molecule has 108 valence electrons. The summed E-state index contributed by atoms with van der Waals surface area (Å²) < 4.78 is 5.81. The molecule has 1 fully saturated rings. The number of ether oxygens (including phenoxy) is 1. The Labute approximate surface area is 124 Å². The number of nitrogens with one attached hydrogen (secondary N) is 1. The third-order valence-electron chi connectivity index (χ3n) is 3.52. The van der Waals surface area contributed by atoms with Crippen LogP contribution in [0.3, 0.4) is 0 Å². The molecule has 0 bridgehead atoms. The zero-order chi connectivity index (χ0) is 14.3. The maximum atomic E-state index is 5.81. The third kappa shape index (κ3) is 4.13. The minimum atomic E-state index is 0.473. The molecule has 2 aromatic heterocycles. The van der Waals surface area contributed by atoms with Gasteiger partial charge in [0, 0.05) is 24.6 Å². The van der Waals surface area contributed by atoms with Crippen LogP contribution in [-0.4, -0.2) is 29.2 Å². The van der Waals surface area contributed by atoms with Crippen molar-refractivity contribution in [1.29, 1.82) is 0 Å². The van der Waals surface area contributed by atoms with E-state index in [-0.39, 0.29) is 0 Å². The van der Waals surface area contributed by atoms with Crippen LogP contribution in [0.5, 0.6) is 5.75 Å². The molecule has 1 aliphatic rings. The molecule has 1 N–H and O–H groups in total. The van der Waals surface area contributed by atoms with E-state index in [9.17, 15) is 0 Å². The second-order valence-electron chi connectivity index (χ2n) is 5.17. The average Bonchev–Trinajstić information content (AvgIpc) is 3.06. The second-order valence-corrected chi connectivity index (χ2v) is 5.17. The fourth-order valence-corrected chi connectivity index (χ4v) is 2.37. The van der Waals surface area contributed by atoms with Crippen molar-refractivity contribution in [2.24, 2.45) is 0 Å². The van der Waals surface area contributed by atoms with Crippen LogP contribution < -0.4 is 10.1 Å². The van der Waals surface area contributed by atoms with E-state index in [2.05, 4.69) is 15.3 Å². The molecule has 3 rings (SSSR count). The molecular weight excluding hydrogens is 262 g/mol. The highest BCUT2D eigenvalue weighted by Crippen LogP contribution is 2.15. The van der Waals surface area contributed by atoms with E-state index in [0.29, 0.717) is 12.6 Å². The molecule has 0 unspecified atom stereocenters. The van der Waals surface area contributed by atoms with E-state index in [1.807, 2.05) is 36.5 Å². The van der Waals surface area contributed by atoms with Gasteiger partial charge >= 0.3 is 0 Å². The van der Waals surface area contributed by atoms with Crippen molar-refractivity contribution in [3.8, 4) is 5.75 Å². The van der Waals surface area contributed by atoms with E-state index < -0.39 is 0 Å². The second kappa shape index (κ2) is 6.99. The SMILES string of the molecule is C(=C\c1cncc(OC[C@H]2CCCN2)c1)/c1ccncc1. The Hall–Kier alpha value is -2.20. The Balaban J connectivity index is 1.61. The van der Waals surface area contributed by atoms with E-state index in [4.69, 9.17) is 4.74 Å². The molecule has 0 spiro atoms. The predicted molar refractivity (Wildman–Crippen MR) is 83.9 cm³/mol. The van der Waals surface area contributed by atoms with Crippen molar-refractivity contribution in [1.82, 2.24) is 15.3 Å². The highest BCUT2D eigenvalue weighted by atomic mass is 16.5. The summed E-state index contributed by atoms with van der Waals surface area (Å²) in [5, 5.41) is 3.42. The zero-order valence-corrected chi connectivity index (χ0v) is 11.9. The van der Waals surface area contributed by atoms with Crippen LogP contribution in [0, 0.1) is 0 Å². The summed E-state index contributed by atoms with van der Waals surface area (Å²) in [4.78, 5) is 8.24. The lowest BCUT2D eigenvalue weighted by Crippen LogP contribution is -2.28. The number of pyridine rings is 2. The van der Waals surface area contributed by atoms with Crippen molar-refractivity contribution in [3.05, 3.63) is 54.1 Å². The topological polar surface area (TPSA) is 47.0 Å². The molecule has 0 aliphatic carbocycles. The molecular formula is C17H19N3O. The molecule has 1 atom stereocenters. The first-order valence-electron chi connectivity index (χ1n) is 7.29. The normalized spacial score (nSPS) is 18.2. The highest BCUT2D eigenvalue weighted by Gasteiger charge is 2.14. The molecule has 3 heterocycles. The summed E-state index contributed by atoms with van der Waals surface area (Å²) in [7, 11) is 0. The monoisotopic (exact) mass is 281 g/mol. The molecule has 0 amide bonds. The highest BCUT2D eigenvalue weighted by molar-refractivity contribution is 5.69. The number of nitrogens with zero attached hydrogens (tertiary/aromatic N) is 2. The van der Waals surface area contributed by atoms with E-state index in [1.165, 1.54) is 12.8 Å². The number of aromatic nitrogens is 2. The van der Waals surface area contributed by atoms with Gasteiger partial charge in [-0.05, 0) is 48.7 Å². The molecule has 21 heavy (non-hydrogen) atoms. The van der Waals surface area contributed by atoms with Gasteiger partial charge in [0.15, 0.2) is 0 Å². The van der Waals surface area contributed by atoms with Gasteiger partial charge in [-0.3, -0.25) is 9.97 Å². The summed E-state index contributed by atoms with van der Waals surface area (Å²) in [5.41, 5.74) is 2.15. The van der Waals surface area contributed by atoms with Crippen LogP contribution >= 0.6 is 0 Å². The number of hydrogen-bond acceptors (Lipinski definition) is 4. The number of rotatable bonds is 5. The predicted octanol–water partition coefficient (Wildman–Crippen LogP) is 2.78. The van der Waals surface area contributed by atoms with E-state index in [1.54, 1.807) is 18.6 Å². The quantitative estimate of drug-likeness (QED) is 0.915. The van der Waals surface area contributed by atoms with Crippen molar-refractivity contribution in [2.45, 2.75) is 18.9 Å². The van der Waals surface area contributed by atoms with Crippen LogP contribution in [0.1, 0.15) is 24.0 Å². The van der Waals surface area contributed by atoms with Gasteiger partial charge in [0.25, 0.3) is 0 Å². The van der Waals surface area contributed by atoms with Crippen molar-refractivity contribution < 1.29 is 4.74 Å². The first-order chi connectivity index (χ1) is 10.4. The molecule has 2 aromatic rings. The molecule has 0 radical (unpaired) electrons. The molecule has 4 heteroatoms. The van der Waals surface area contributed by atoms with Crippen LogP contribution in [0.2, 0.25) is 0 Å². The van der Waals surface area contributed by atoms with Crippen LogP contribution in [0.4, 0.5) is 0 Å². The third-order valence-corrected chi connectivity index (χ3v) is 3.52. The Morgan fingerprint density at radius 2 is 2.00 bits per heavy atom. The standard InChI is InChI=1S/C17H19N3O/c1-2-16(20-7-1)13-21-17-10-15(11-19-12-17)4-3-14-5-8-18-9-6-14/h3-6,8-12,16,20H,1-2,7,13H2/b4-3+/t16-/m1/s1. The first-order valence-corrected chi connectivity index (χ1v) is 7.29. The van der Waals surface area contributed by atoms with Gasteiger partial charge in [0.2, 0.25) is 0 Å². The van der Waals surface area contributed by atoms with Crippen molar-refractivity contribution in [2.75, 3.05) is 13.2 Å². The lowest BCUT2D eigenvalue weighted by atomic mass is 10.2. The summed E-state index contributed by atoms with van der Waals surface area (Å²) in [6, 6.07) is 6.42. The summed E-state index contributed by atoms with van der Waals surface area (Å²) in [6.07, 6.45) is 13.7. The van der Waals surface area contributed by atoms with Gasteiger partial charge in [-0.15, -0.1) is 0 Å². The smallest absolute Gasteiger partial charge is 0.138 e. The van der Waals surface area contributed by atoms with Crippen molar-refractivity contribution in [3.63, 3.8) is 0 Å². The number of hydrogen-bond donors (Lipinski definition) is 1. The van der Waals surface area contributed by atoms with Gasteiger partial charge in [-0.2, -0.15) is 0 Å². The molecule has 1 aliphatic heterocycles. The van der Waals surface area contributed by atoms with Gasteiger partial charge in [-0.25, -0.2) is 0 Å². The minimum absolute atomic E-state index is 0.473. The zero-order valence-electron chi connectivity index (χ0n) is 11.9. The molecule has 4 nitrogen and oxygen atoms in total. The van der Waals surface area contributed by atoms with Gasteiger partial charge in [-0.1, -0.05) is 12.2 Å². The Bertz CT molecular complexity index is 592. The minimum Gasteiger partial charge on any atom is -0.490 e. The van der Waals surface area contributed by atoms with E-state index >= 15 is 0 Å². The van der Waals surface area contributed by atoms with Gasteiger partial charge < -0.3 is 10.1 Å². The van der Waals surface area contributed by atoms with Crippen LogP contribution in [0.15, 0.2) is 43.0 Å². The lowest BCUT2D eigenvalue weighted by molar-refractivity contribution is 0.276. The molecule has 0 saturated carbocycles. The largest absolute Gasteiger partial charge is 0.490 e. The molecule has 0 aromatic carbocycles. The fourth-order valence-electron chi connectivity index (χ4n) is 2.37. The Morgan fingerprint density at radius 3 is 2.81 bits per heavy atom. The summed E-state index contributed by atoms with van der Waals surface area (Å²) in [5.74, 6) is 0.820. The molecule has 1 saturated heterocycles. The first kappa shape index (κ1) is 13.8. The van der Waals surface area contributed by atoms with Gasteiger partial charge in [0.1, 0.15) is 12.4 Å². The Kier molecular flexibility index (Phi) is 4.59. The Morgan fingerprint density at radius 1 is 1.14 bits per heavy atom. The van der Waals surface area contributed by atoms with Crippen LogP contribution in [-0.2, 0) is 0 Å². The van der Waals surface area contributed by atoms with E-state index in [0.717, 1.165) is 23.4 Å². The maximum Gasteiger partial charge on any atom is 0.138 e. The fraction of sp³-hybridized carbons (Fsp3) is 0.294. The maximum absolute atomic E-state index is 5.81. The lowest BCUT2D eigenvalue weighted by Gasteiger charge is -2.11. The van der Waals surface area contributed by atoms with Crippen molar-refractivity contribution >= 4 is 12.2 Å². The summed E-state index contributed by atoms with van der Waals surface area (Å²) in [6.45, 7) is 1.81. The summed E-state index contributed by atoms with van der Waals surface area (Å²) >= 11 is 0. The van der Waals surface area contributed by atoms with Crippen LogP contribution in [0.25, 0.3) is 12.2 Å².